The first-order valence-corrected chi connectivity index (χ1v) is 11.9. The molecule has 0 spiro atoms. The lowest BCUT2D eigenvalue weighted by Gasteiger charge is -2.26. The van der Waals surface area contributed by atoms with E-state index in [0.29, 0.717) is 30.5 Å². The minimum atomic E-state index is -4.58. The number of hydrogen-bond donors (Lipinski definition) is 1. The fourth-order valence-corrected chi connectivity index (χ4v) is 4.51. The molecular weight excluding hydrogens is 483 g/mol. The summed E-state index contributed by atoms with van der Waals surface area (Å²) in [5.41, 5.74) is 0.324. The number of aromatic nitrogens is 2. The number of nitrogens with zero attached hydrogens (tertiary/aromatic N) is 4. The van der Waals surface area contributed by atoms with Gasteiger partial charge in [-0.2, -0.15) is 18.4 Å². The summed E-state index contributed by atoms with van der Waals surface area (Å²) in [4.78, 5) is 32.2. The molecule has 2 heterocycles. The highest BCUT2D eigenvalue weighted by Crippen LogP contribution is 2.30. The molecule has 7 nitrogen and oxygen atoms in total. The Hall–Kier alpha value is -4.13. The van der Waals surface area contributed by atoms with Crippen LogP contribution in [0.15, 0.2) is 60.2 Å². The van der Waals surface area contributed by atoms with Gasteiger partial charge in [-0.05, 0) is 49.1 Å². The molecule has 0 saturated carbocycles. The van der Waals surface area contributed by atoms with Crippen molar-refractivity contribution in [2.75, 3.05) is 11.9 Å². The summed E-state index contributed by atoms with van der Waals surface area (Å²) in [6.45, 7) is 4.58. The highest BCUT2D eigenvalue weighted by Gasteiger charge is 2.33. The zero-order chi connectivity index (χ0) is 26.7. The molecule has 1 aliphatic rings. The highest BCUT2D eigenvalue weighted by molar-refractivity contribution is 6.04. The normalized spacial score (nSPS) is 16.3. The maximum Gasteiger partial charge on any atom is 0.416 e. The first-order valence-electron chi connectivity index (χ1n) is 11.9. The summed E-state index contributed by atoms with van der Waals surface area (Å²) < 4.78 is 41.2. The number of para-hydroxylation sites is 2. The van der Waals surface area contributed by atoms with Crippen molar-refractivity contribution in [3.05, 3.63) is 71.3 Å². The van der Waals surface area contributed by atoms with E-state index < -0.39 is 17.6 Å². The van der Waals surface area contributed by atoms with Gasteiger partial charge in [0.25, 0.3) is 11.8 Å². The third kappa shape index (κ3) is 5.66. The van der Waals surface area contributed by atoms with E-state index in [4.69, 9.17) is 0 Å². The van der Waals surface area contributed by atoms with E-state index >= 15 is 0 Å². The zero-order valence-electron chi connectivity index (χ0n) is 20.4. The number of likely N-dealkylation sites (tertiary alicyclic amines) is 1. The van der Waals surface area contributed by atoms with Crippen molar-refractivity contribution in [2.45, 2.75) is 45.5 Å². The van der Waals surface area contributed by atoms with Gasteiger partial charge in [0.15, 0.2) is 0 Å². The molecule has 4 rings (SSSR count). The molecule has 0 aliphatic carbocycles. The smallest absolute Gasteiger partial charge is 0.333 e. The van der Waals surface area contributed by atoms with Gasteiger partial charge in [0.1, 0.15) is 11.6 Å². The van der Waals surface area contributed by atoms with Crippen molar-refractivity contribution in [2.24, 2.45) is 5.92 Å². The van der Waals surface area contributed by atoms with Crippen LogP contribution in [0.25, 0.3) is 11.0 Å². The zero-order valence-corrected chi connectivity index (χ0v) is 20.4. The molecule has 1 atom stereocenters. The molecule has 1 aliphatic heterocycles. The molecule has 1 N–H and O–H groups in total. The number of anilines is 1. The number of fused-ring (bicyclic) bond motifs is 1. The van der Waals surface area contributed by atoms with E-state index in [2.05, 4.69) is 10.3 Å². The molecule has 2 aromatic carbocycles. The van der Waals surface area contributed by atoms with Gasteiger partial charge in [-0.15, -0.1) is 0 Å². The second-order valence-corrected chi connectivity index (χ2v) is 9.30. The van der Waals surface area contributed by atoms with Crippen molar-refractivity contribution in [1.82, 2.24) is 14.5 Å². The standard InChI is InChI=1S/C27H26F3N5O2/c1-17(2)13-19(15-31)25(37)34-12-6-9-21(34)16-35-23-11-4-3-10-22(23)32-26(35)33-24(36)18-7-5-8-20(14-18)27(28,29)30/h3-5,7-8,10-11,13-14,17,21H,6,9,12,16H2,1-2H3,(H,32,33,36)/t21-/m1/s1. The summed E-state index contributed by atoms with van der Waals surface area (Å²) in [7, 11) is 0. The molecule has 2 amide bonds. The predicted molar refractivity (Wildman–Crippen MR) is 132 cm³/mol. The van der Waals surface area contributed by atoms with Gasteiger partial charge in [0, 0.05) is 18.7 Å². The van der Waals surface area contributed by atoms with Gasteiger partial charge < -0.3 is 9.47 Å². The van der Waals surface area contributed by atoms with Crippen molar-refractivity contribution in [3.63, 3.8) is 0 Å². The van der Waals surface area contributed by atoms with Crippen LogP contribution in [0.3, 0.4) is 0 Å². The molecule has 0 radical (unpaired) electrons. The van der Waals surface area contributed by atoms with Crippen LogP contribution in [0, 0.1) is 17.2 Å². The topological polar surface area (TPSA) is 91.0 Å². The maximum absolute atomic E-state index is 13.1. The van der Waals surface area contributed by atoms with E-state index in [1.165, 1.54) is 12.1 Å². The number of halogens is 3. The Kier molecular flexibility index (Phi) is 7.34. The summed E-state index contributed by atoms with van der Waals surface area (Å²) in [6, 6.07) is 13.1. The van der Waals surface area contributed by atoms with Crippen molar-refractivity contribution in [3.8, 4) is 6.07 Å². The van der Waals surface area contributed by atoms with Crippen LogP contribution in [-0.4, -0.2) is 38.9 Å². The highest BCUT2D eigenvalue weighted by atomic mass is 19.4. The number of amides is 2. The molecule has 1 fully saturated rings. The van der Waals surface area contributed by atoms with Gasteiger partial charge in [0.05, 0.1) is 22.6 Å². The molecule has 3 aromatic rings. The lowest BCUT2D eigenvalue weighted by atomic mass is 10.1. The van der Waals surface area contributed by atoms with E-state index in [0.717, 1.165) is 18.6 Å². The summed E-state index contributed by atoms with van der Waals surface area (Å²) in [5, 5.41) is 12.2. The van der Waals surface area contributed by atoms with Crippen LogP contribution in [-0.2, 0) is 17.5 Å². The minimum absolute atomic E-state index is 0.0370. The van der Waals surface area contributed by atoms with Crippen LogP contribution >= 0.6 is 0 Å². The van der Waals surface area contributed by atoms with Gasteiger partial charge in [0.2, 0.25) is 5.95 Å². The number of nitrogens with one attached hydrogen (secondary N) is 1. The van der Waals surface area contributed by atoms with Crippen LogP contribution in [0.2, 0.25) is 0 Å². The average Bonchev–Trinajstić information content (AvgIpc) is 3.46. The van der Waals surface area contributed by atoms with E-state index in [1.807, 2.05) is 32.0 Å². The summed E-state index contributed by atoms with van der Waals surface area (Å²) in [6.07, 6.45) is -1.48. The average molecular weight is 510 g/mol. The molecular formula is C27H26F3N5O2. The molecule has 10 heteroatoms. The van der Waals surface area contributed by atoms with Crippen LogP contribution < -0.4 is 5.32 Å². The Labute approximate surface area is 212 Å². The van der Waals surface area contributed by atoms with E-state index in [9.17, 15) is 28.0 Å². The van der Waals surface area contributed by atoms with E-state index in [-0.39, 0.29) is 35.0 Å². The van der Waals surface area contributed by atoms with Crippen LogP contribution in [0.5, 0.6) is 0 Å². The number of allylic oxidation sites excluding steroid dienone is 1. The maximum atomic E-state index is 13.1. The number of carbonyl (C=O) groups is 2. The first kappa shape index (κ1) is 25.9. The summed E-state index contributed by atoms with van der Waals surface area (Å²) >= 11 is 0. The number of imidazole rings is 1. The van der Waals surface area contributed by atoms with E-state index in [1.54, 1.807) is 27.7 Å². The van der Waals surface area contributed by atoms with Crippen molar-refractivity contribution >= 4 is 28.8 Å². The molecule has 0 unspecified atom stereocenters. The Bertz CT molecular complexity index is 1400. The Balaban J connectivity index is 1.64. The van der Waals surface area contributed by atoms with Gasteiger partial charge in [-0.3, -0.25) is 14.9 Å². The number of hydrogen-bond acceptors (Lipinski definition) is 4. The quantitative estimate of drug-likeness (QED) is 0.356. The number of benzene rings is 2. The number of nitriles is 1. The monoisotopic (exact) mass is 509 g/mol. The first-order chi connectivity index (χ1) is 17.6. The molecule has 37 heavy (non-hydrogen) atoms. The van der Waals surface area contributed by atoms with Crippen molar-refractivity contribution < 1.29 is 22.8 Å². The largest absolute Gasteiger partial charge is 0.416 e. The number of carbonyl (C=O) groups excluding carboxylic acids is 2. The molecule has 0 bridgehead atoms. The molecule has 1 aromatic heterocycles. The summed E-state index contributed by atoms with van der Waals surface area (Å²) in [5.74, 6) is -0.859. The lowest BCUT2D eigenvalue weighted by molar-refractivity contribution is -0.137. The minimum Gasteiger partial charge on any atom is -0.333 e. The molecule has 1 saturated heterocycles. The molecule has 192 valence electrons. The Morgan fingerprint density at radius 2 is 1.97 bits per heavy atom. The van der Waals surface area contributed by atoms with Crippen molar-refractivity contribution in [1.29, 1.82) is 5.26 Å². The fourth-order valence-electron chi connectivity index (χ4n) is 4.51. The lowest BCUT2D eigenvalue weighted by Crippen LogP contribution is -2.39. The fraction of sp³-hybridized carbons (Fsp3) is 0.333. The van der Waals surface area contributed by atoms with Crippen LogP contribution in [0.4, 0.5) is 19.1 Å². The predicted octanol–water partition coefficient (Wildman–Crippen LogP) is 5.40. The van der Waals surface area contributed by atoms with Gasteiger partial charge in [-0.25, -0.2) is 4.98 Å². The third-order valence-electron chi connectivity index (χ3n) is 6.21. The third-order valence-corrected chi connectivity index (χ3v) is 6.21. The Morgan fingerprint density at radius 3 is 2.68 bits per heavy atom. The Morgan fingerprint density at radius 1 is 1.22 bits per heavy atom. The second kappa shape index (κ2) is 10.5. The SMILES string of the molecule is CC(C)C=C(C#N)C(=O)N1CCC[C@@H]1Cn1c(NC(=O)c2cccc(C(F)(F)F)c2)nc2ccccc21. The number of rotatable bonds is 6. The van der Waals surface area contributed by atoms with Crippen LogP contribution in [0.1, 0.15) is 42.6 Å². The number of alkyl halides is 3. The van der Waals surface area contributed by atoms with Gasteiger partial charge in [-0.1, -0.05) is 38.1 Å². The van der Waals surface area contributed by atoms with Gasteiger partial charge >= 0.3 is 6.18 Å². The second-order valence-electron chi connectivity index (χ2n) is 9.30.